The fourth-order valence-electron chi connectivity index (χ4n) is 3.99. The maximum Gasteiger partial charge on any atom is 0.229 e. The number of nitriles is 1. The minimum Gasteiger partial charge on any atom is -0.489 e. The van der Waals surface area contributed by atoms with Crippen LogP contribution in [-0.4, -0.2) is 35.2 Å². The van der Waals surface area contributed by atoms with E-state index in [1.807, 2.05) is 35.7 Å². The molecule has 1 saturated carbocycles. The van der Waals surface area contributed by atoms with Gasteiger partial charge in [-0.2, -0.15) is 5.26 Å². The molecule has 2 unspecified atom stereocenters. The quantitative estimate of drug-likeness (QED) is 0.604. The zero-order valence-electron chi connectivity index (χ0n) is 17.4. The average molecular weight is 447 g/mol. The number of nitrogens with zero attached hydrogens (tertiary/aromatic N) is 3. The Bertz CT molecular complexity index is 1150. The number of thiazole rings is 1. The van der Waals surface area contributed by atoms with Crippen molar-refractivity contribution >= 4 is 23.1 Å². The van der Waals surface area contributed by atoms with E-state index in [4.69, 9.17) is 9.47 Å². The van der Waals surface area contributed by atoms with E-state index in [0.29, 0.717) is 30.3 Å². The predicted molar refractivity (Wildman–Crippen MR) is 120 cm³/mol. The second kappa shape index (κ2) is 9.07. The second-order valence-corrected chi connectivity index (χ2v) is 8.75. The van der Waals surface area contributed by atoms with Crippen LogP contribution in [0.5, 0.6) is 5.75 Å². The third kappa shape index (κ3) is 4.49. The van der Waals surface area contributed by atoms with Gasteiger partial charge in [0.15, 0.2) is 0 Å². The summed E-state index contributed by atoms with van der Waals surface area (Å²) in [4.78, 5) is 21.2. The molecule has 2 aromatic heterocycles. The number of rotatable bonds is 6. The first kappa shape index (κ1) is 20.6. The summed E-state index contributed by atoms with van der Waals surface area (Å²) >= 11 is 1.55. The fourth-order valence-corrected chi connectivity index (χ4v) is 4.61. The average Bonchev–Trinajstić information content (AvgIpc) is 3.45. The molecule has 8 heteroatoms. The van der Waals surface area contributed by atoms with Crippen molar-refractivity contribution in [3.8, 4) is 22.9 Å². The molecule has 2 aliphatic rings. The van der Waals surface area contributed by atoms with Gasteiger partial charge in [-0.05, 0) is 41.8 Å². The molecule has 1 amide bonds. The Labute approximate surface area is 190 Å². The Balaban J connectivity index is 1.28. The summed E-state index contributed by atoms with van der Waals surface area (Å²) in [5.41, 5.74) is 5.01. The van der Waals surface area contributed by atoms with Crippen molar-refractivity contribution in [3.05, 3.63) is 58.7 Å². The molecular weight excluding hydrogens is 424 g/mol. The number of carbonyl (C=O) groups is 1. The molecule has 1 aromatic carbocycles. The number of pyridine rings is 1. The standard InChI is InChI=1S/C24H22N4O3S/c25-12-17-9-15(1-2-22(17)31-18-4-7-30-8-5-18)16-3-6-26-23(10-16)28-24(29)20-11-19(20)21-13-32-14-27-21/h1-3,6,9-10,13-14,18-20H,4-5,7-8,11H2,(H,26,28,29). The van der Waals surface area contributed by atoms with Crippen LogP contribution in [0.25, 0.3) is 11.1 Å². The molecule has 1 aliphatic carbocycles. The Kier molecular flexibility index (Phi) is 5.84. The molecule has 2 atom stereocenters. The number of benzene rings is 1. The van der Waals surface area contributed by atoms with Crippen molar-refractivity contribution in [1.82, 2.24) is 9.97 Å². The van der Waals surface area contributed by atoms with E-state index >= 15 is 0 Å². The van der Waals surface area contributed by atoms with Crippen LogP contribution in [0.3, 0.4) is 0 Å². The number of nitrogens with one attached hydrogen (secondary N) is 1. The Hall–Kier alpha value is -3.28. The molecule has 1 N–H and O–H groups in total. The fraction of sp³-hybridized carbons (Fsp3) is 0.333. The van der Waals surface area contributed by atoms with E-state index in [0.717, 1.165) is 36.1 Å². The van der Waals surface area contributed by atoms with Gasteiger partial charge >= 0.3 is 0 Å². The first-order valence-electron chi connectivity index (χ1n) is 10.6. The van der Waals surface area contributed by atoms with Crippen LogP contribution >= 0.6 is 11.3 Å². The van der Waals surface area contributed by atoms with Gasteiger partial charge in [0.1, 0.15) is 23.7 Å². The Morgan fingerprint density at radius 1 is 1.19 bits per heavy atom. The van der Waals surface area contributed by atoms with Crippen LogP contribution in [0, 0.1) is 17.2 Å². The van der Waals surface area contributed by atoms with Gasteiger partial charge in [-0.25, -0.2) is 9.97 Å². The van der Waals surface area contributed by atoms with Gasteiger partial charge in [0.05, 0.1) is 30.0 Å². The van der Waals surface area contributed by atoms with Crippen LogP contribution in [0.15, 0.2) is 47.4 Å². The number of aromatic nitrogens is 2. The molecule has 3 aromatic rings. The van der Waals surface area contributed by atoms with Crippen molar-refractivity contribution in [1.29, 1.82) is 5.26 Å². The summed E-state index contributed by atoms with van der Waals surface area (Å²) in [6.07, 6.45) is 4.19. The molecule has 162 valence electrons. The molecule has 0 spiro atoms. The molecule has 2 fully saturated rings. The zero-order valence-corrected chi connectivity index (χ0v) is 18.2. The molecule has 32 heavy (non-hydrogen) atoms. The molecule has 1 aliphatic heterocycles. The second-order valence-electron chi connectivity index (χ2n) is 8.03. The van der Waals surface area contributed by atoms with E-state index in [-0.39, 0.29) is 23.8 Å². The van der Waals surface area contributed by atoms with Gasteiger partial charge in [0.25, 0.3) is 0 Å². The number of carbonyl (C=O) groups excluding carboxylic acids is 1. The van der Waals surface area contributed by atoms with Gasteiger partial charge in [-0.3, -0.25) is 4.79 Å². The molecule has 0 radical (unpaired) electrons. The van der Waals surface area contributed by atoms with Crippen LogP contribution < -0.4 is 10.1 Å². The highest BCUT2D eigenvalue weighted by molar-refractivity contribution is 7.07. The lowest BCUT2D eigenvalue weighted by molar-refractivity contribution is -0.117. The number of hydrogen-bond acceptors (Lipinski definition) is 7. The van der Waals surface area contributed by atoms with E-state index in [1.54, 1.807) is 23.0 Å². The van der Waals surface area contributed by atoms with Crippen molar-refractivity contribution in [2.24, 2.45) is 5.92 Å². The summed E-state index contributed by atoms with van der Waals surface area (Å²) < 4.78 is 11.4. The number of anilines is 1. The zero-order chi connectivity index (χ0) is 21.9. The lowest BCUT2D eigenvalue weighted by atomic mass is 10.0. The van der Waals surface area contributed by atoms with Gasteiger partial charge < -0.3 is 14.8 Å². The summed E-state index contributed by atoms with van der Waals surface area (Å²) in [6, 6.07) is 11.5. The van der Waals surface area contributed by atoms with E-state index in [2.05, 4.69) is 21.4 Å². The SMILES string of the molecule is N#Cc1cc(-c2ccnc(NC(=O)C3CC3c3cscn3)c2)ccc1OC1CCOCC1. The van der Waals surface area contributed by atoms with Crippen molar-refractivity contribution in [3.63, 3.8) is 0 Å². The number of hydrogen-bond donors (Lipinski definition) is 1. The first-order valence-corrected chi connectivity index (χ1v) is 11.6. The highest BCUT2D eigenvalue weighted by Crippen LogP contribution is 2.47. The highest BCUT2D eigenvalue weighted by atomic mass is 32.1. The third-order valence-electron chi connectivity index (χ3n) is 5.87. The van der Waals surface area contributed by atoms with Crippen LogP contribution in [0.2, 0.25) is 0 Å². The van der Waals surface area contributed by atoms with Crippen LogP contribution in [0.4, 0.5) is 5.82 Å². The lowest BCUT2D eigenvalue weighted by Gasteiger charge is -2.23. The molecular formula is C24H22N4O3S. The van der Waals surface area contributed by atoms with Gasteiger partial charge in [0, 0.05) is 36.3 Å². The maximum atomic E-state index is 12.6. The Morgan fingerprint density at radius 3 is 2.81 bits per heavy atom. The molecule has 5 rings (SSSR count). The van der Waals surface area contributed by atoms with E-state index in [9.17, 15) is 10.1 Å². The van der Waals surface area contributed by atoms with E-state index < -0.39 is 0 Å². The minimum absolute atomic E-state index is 0.0365. The smallest absolute Gasteiger partial charge is 0.229 e. The highest BCUT2D eigenvalue weighted by Gasteiger charge is 2.45. The largest absolute Gasteiger partial charge is 0.489 e. The normalized spacial score (nSPS) is 20.3. The molecule has 3 heterocycles. The summed E-state index contributed by atoms with van der Waals surface area (Å²) in [7, 11) is 0. The minimum atomic E-state index is -0.0608. The van der Waals surface area contributed by atoms with Crippen LogP contribution in [0.1, 0.15) is 36.4 Å². The van der Waals surface area contributed by atoms with Crippen molar-refractivity contribution in [2.75, 3.05) is 18.5 Å². The summed E-state index contributed by atoms with van der Waals surface area (Å²) in [5, 5.41) is 14.6. The molecule has 0 bridgehead atoms. The molecule has 1 saturated heterocycles. The maximum absolute atomic E-state index is 12.6. The van der Waals surface area contributed by atoms with Gasteiger partial charge in [0.2, 0.25) is 5.91 Å². The summed E-state index contributed by atoms with van der Waals surface area (Å²) in [5.74, 6) is 1.19. The van der Waals surface area contributed by atoms with Crippen molar-refractivity contribution in [2.45, 2.75) is 31.3 Å². The topological polar surface area (TPSA) is 97.1 Å². The summed E-state index contributed by atoms with van der Waals surface area (Å²) in [6.45, 7) is 1.36. The molecule has 7 nitrogen and oxygen atoms in total. The van der Waals surface area contributed by atoms with Crippen LogP contribution in [-0.2, 0) is 9.53 Å². The van der Waals surface area contributed by atoms with E-state index in [1.165, 1.54) is 0 Å². The van der Waals surface area contributed by atoms with Gasteiger partial charge in [-0.1, -0.05) is 6.07 Å². The third-order valence-corrected chi connectivity index (χ3v) is 6.47. The lowest BCUT2D eigenvalue weighted by Crippen LogP contribution is -2.26. The Morgan fingerprint density at radius 2 is 2.03 bits per heavy atom. The predicted octanol–water partition coefficient (Wildman–Crippen LogP) is 4.38. The monoisotopic (exact) mass is 446 g/mol. The first-order chi connectivity index (χ1) is 15.7. The van der Waals surface area contributed by atoms with Gasteiger partial charge in [-0.15, -0.1) is 11.3 Å². The number of amides is 1. The number of ether oxygens (including phenoxy) is 2. The van der Waals surface area contributed by atoms with Crippen molar-refractivity contribution < 1.29 is 14.3 Å².